The smallest absolute Gasteiger partial charge is 0.104 e. The molecule has 1 aliphatic carbocycles. The zero-order chi connectivity index (χ0) is 8.10. The van der Waals surface area contributed by atoms with E-state index in [0.717, 1.165) is 32.1 Å². The Balaban J connectivity index is 2.71. The predicted molar refractivity (Wildman–Crippen MR) is 41.5 cm³/mol. The van der Waals surface area contributed by atoms with Crippen molar-refractivity contribution < 1.29 is 10.4 Å². The lowest BCUT2D eigenvalue weighted by Gasteiger charge is -1.98. The molecule has 0 heterocycles. The van der Waals surface area contributed by atoms with E-state index in [-0.39, 0.29) is 0 Å². The Bertz CT molecular complexity index is 167. The first kappa shape index (κ1) is 8.04. The van der Waals surface area contributed by atoms with Gasteiger partial charge in [0.15, 0.2) is 0 Å². The minimum atomic E-state index is 0.532. The van der Waals surface area contributed by atoms with Gasteiger partial charge in [0, 0.05) is 0 Å². The second kappa shape index (κ2) is 3.95. The Morgan fingerprint density at radius 1 is 0.818 bits per heavy atom. The van der Waals surface area contributed by atoms with E-state index in [4.69, 9.17) is 10.4 Å². The highest BCUT2D eigenvalue weighted by molar-refractivity contribution is 6.42. The molecular weight excluding hydrogens is 144 g/mol. The number of hydrogen-bond donors (Lipinski definition) is 2. The fourth-order valence-corrected chi connectivity index (χ4v) is 1.27. The third-order valence-electron chi connectivity index (χ3n) is 1.90. The molecule has 62 valence electrons. The summed E-state index contributed by atoms with van der Waals surface area (Å²) in [6, 6.07) is 0. The SMILES string of the molecule is O/N=C1/CCCCC/C1=N/O. The van der Waals surface area contributed by atoms with E-state index in [1.807, 2.05) is 0 Å². The Morgan fingerprint density at radius 2 is 1.27 bits per heavy atom. The highest BCUT2D eigenvalue weighted by Gasteiger charge is 2.13. The highest BCUT2D eigenvalue weighted by Crippen LogP contribution is 2.13. The van der Waals surface area contributed by atoms with Crippen LogP contribution in [0.3, 0.4) is 0 Å². The first-order valence-corrected chi connectivity index (χ1v) is 3.80. The number of hydrogen-bond acceptors (Lipinski definition) is 4. The van der Waals surface area contributed by atoms with Gasteiger partial charge in [0.05, 0.1) is 0 Å². The fraction of sp³-hybridized carbons (Fsp3) is 0.714. The monoisotopic (exact) mass is 156 g/mol. The predicted octanol–water partition coefficient (Wildman–Crippen LogP) is 1.61. The first-order valence-electron chi connectivity index (χ1n) is 3.80. The van der Waals surface area contributed by atoms with Gasteiger partial charge in [-0.15, -0.1) is 0 Å². The summed E-state index contributed by atoms with van der Waals surface area (Å²) in [5.41, 5.74) is 1.06. The molecule has 4 heteroatoms. The van der Waals surface area contributed by atoms with E-state index in [0.29, 0.717) is 11.4 Å². The summed E-state index contributed by atoms with van der Waals surface area (Å²) in [6.45, 7) is 0. The van der Waals surface area contributed by atoms with Crippen LogP contribution in [0.5, 0.6) is 0 Å². The third kappa shape index (κ3) is 1.93. The van der Waals surface area contributed by atoms with Gasteiger partial charge < -0.3 is 10.4 Å². The molecule has 4 nitrogen and oxygen atoms in total. The molecule has 0 amide bonds. The van der Waals surface area contributed by atoms with Gasteiger partial charge in [-0.1, -0.05) is 16.7 Å². The lowest BCUT2D eigenvalue weighted by Crippen LogP contribution is -2.11. The Kier molecular flexibility index (Phi) is 2.89. The van der Waals surface area contributed by atoms with Crippen LogP contribution in [0, 0.1) is 0 Å². The second-order valence-corrected chi connectivity index (χ2v) is 2.65. The topological polar surface area (TPSA) is 65.2 Å². The van der Waals surface area contributed by atoms with Gasteiger partial charge in [-0.05, 0) is 25.7 Å². The average Bonchev–Trinajstić information content (AvgIpc) is 2.27. The Labute approximate surface area is 65.2 Å². The van der Waals surface area contributed by atoms with Crippen LogP contribution < -0.4 is 0 Å². The molecule has 0 saturated heterocycles. The quantitative estimate of drug-likeness (QED) is 0.318. The number of nitrogens with zero attached hydrogens (tertiary/aromatic N) is 2. The number of oxime groups is 2. The van der Waals surface area contributed by atoms with Crippen LogP contribution in [0.2, 0.25) is 0 Å². The molecule has 0 aromatic carbocycles. The summed E-state index contributed by atoms with van der Waals surface area (Å²) < 4.78 is 0. The van der Waals surface area contributed by atoms with Crippen LogP contribution in [0.4, 0.5) is 0 Å². The van der Waals surface area contributed by atoms with Gasteiger partial charge in [0.25, 0.3) is 0 Å². The van der Waals surface area contributed by atoms with Crippen molar-refractivity contribution >= 4 is 11.4 Å². The van der Waals surface area contributed by atoms with E-state index < -0.39 is 0 Å². The van der Waals surface area contributed by atoms with Crippen molar-refractivity contribution in [3.63, 3.8) is 0 Å². The summed E-state index contributed by atoms with van der Waals surface area (Å²) in [5.74, 6) is 0. The van der Waals surface area contributed by atoms with Gasteiger partial charge >= 0.3 is 0 Å². The van der Waals surface area contributed by atoms with Crippen molar-refractivity contribution in [2.75, 3.05) is 0 Å². The van der Waals surface area contributed by atoms with E-state index in [1.54, 1.807) is 0 Å². The molecule has 0 unspecified atom stereocenters. The van der Waals surface area contributed by atoms with Crippen molar-refractivity contribution in [2.45, 2.75) is 32.1 Å². The summed E-state index contributed by atoms with van der Waals surface area (Å²) in [7, 11) is 0. The Morgan fingerprint density at radius 3 is 1.64 bits per heavy atom. The van der Waals surface area contributed by atoms with Crippen molar-refractivity contribution in [3.8, 4) is 0 Å². The van der Waals surface area contributed by atoms with Crippen LogP contribution in [-0.4, -0.2) is 21.8 Å². The lowest BCUT2D eigenvalue weighted by atomic mass is 10.1. The van der Waals surface area contributed by atoms with Crippen molar-refractivity contribution in [1.29, 1.82) is 0 Å². The van der Waals surface area contributed by atoms with Crippen molar-refractivity contribution in [3.05, 3.63) is 0 Å². The molecular formula is C7H12N2O2. The van der Waals surface area contributed by atoms with Gasteiger partial charge in [-0.3, -0.25) is 0 Å². The summed E-state index contributed by atoms with van der Waals surface area (Å²) in [6.07, 6.45) is 4.57. The molecule has 1 saturated carbocycles. The molecule has 0 bridgehead atoms. The summed E-state index contributed by atoms with van der Waals surface area (Å²) in [4.78, 5) is 0. The zero-order valence-corrected chi connectivity index (χ0v) is 6.32. The van der Waals surface area contributed by atoms with Gasteiger partial charge in [-0.2, -0.15) is 0 Å². The molecule has 0 radical (unpaired) electrons. The van der Waals surface area contributed by atoms with Crippen molar-refractivity contribution in [1.82, 2.24) is 0 Å². The number of rotatable bonds is 0. The molecule has 0 aromatic heterocycles. The molecule has 0 aliphatic heterocycles. The molecule has 0 atom stereocenters. The zero-order valence-electron chi connectivity index (χ0n) is 6.32. The maximum absolute atomic E-state index is 8.51. The third-order valence-corrected chi connectivity index (χ3v) is 1.90. The van der Waals surface area contributed by atoms with E-state index in [1.165, 1.54) is 0 Å². The Hall–Kier alpha value is -1.06. The van der Waals surface area contributed by atoms with Gasteiger partial charge in [0.2, 0.25) is 0 Å². The van der Waals surface area contributed by atoms with Crippen LogP contribution in [0.1, 0.15) is 32.1 Å². The maximum atomic E-state index is 8.51. The van der Waals surface area contributed by atoms with E-state index >= 15 is 0 Å². The van der Waals surface area contributed by atoms with Crippen LogP contribution in [-0.2, 0) is 0 Å². The van der Waals surface area contributed by atoms with Gasteiger partial charge in [0.1, 0.15) is 11.4 Å². The van der Waals surface area contributed by atoms with Crippen LogP contribution in [0.25, 0.3) is 0 Å². The second-order valence-electron chi connectivity index (χ2n) is 2.65. The van der Waals surface area contributed by atoms with Crippen LogP contribution >= 0.6 is 0 Å². The van der Waals surface area contributed by atoms with Crippen molar-refractivity contribution in [2.24, 2.45) is 10.3 Å². The fourth-order valence-electron chi connectivity index (χ4n) is 1.27. The standard InChI is InChI=1S/C7H12N2O2/c10-8-6-4-2-1-3-5-7(6)9-11/h10-11H,1-5H2/b8-6-,9-7-. The minimum Gasteiger partial charge on any atom is -0.411 e. The summed E-state index contributed by atoms with van der Waals surface area (Å²) in [5, 5.41) is 23.2. The maximum Gasteiger partial charge on any atom is 0.104 e. The van der Waals surface area contributed by atoms with E-state index in [9.17, 15) is 0 Å². The molecule has 2 N–H and O–H groups in total. The average molecular weight is 156 g/mol. The summed E-state index contributed by atoms with van der Waals surface area (Å²) >= 11 is 0. The molecule has 0 spiro atoms. The molecule has 1 fully saturated rings. The largest absolute Gasteiger partial charge is 0.411 e. The normalized spacial score (nSPS) is 27.3. The minimum absolute atomic E-state index is 0.532. The molecule has 11 heavy (non-hydrogen) atoms. The van der Waals surface area contributed by atoms with E-state index in [2.05, 4.69) is 10.3 Å². The molecule has 1 rings (SSSR count). The molecule has 0 aromatic rings. The van der Waals surface area contributed by atoms with Crippen LogP contribution in [0.15, 0.2) is 10.3 Å². The highest BCUT2D eigenvalue weighted by atomic mass is 16.4. The first-order chi connectivity index (χ1) is 5.38. The lowest BCUT2D eigenvalue weighted by molar-refractivity contribution is 0.312. The molecule has 1 aliphatic rings. The van der Waals surface area contributed by atoms with Gasteiger partial charge in [-0.25, -0.2) is 0 Å².